The van der Waals surface area contributed by atoms with Gasteiger partial charge in [-0.25, -0.2) is 0 Å². The normalized spacial score (nSPS) is 10.7. The molecule has 0 atom stereocenters. The molecule has 11 heteroatoms. The van der Waals surface area contributed by atoms with Gasteiger partial charge in [-0.15, -0.1) is 0 Å². The van der Waals surface area contributed by atoms with Crippen molar-refractivity contribution >= 4 is 15.6 Å². The molecule has 0 aliphatic rings. The van der Waals surface area contributed by atoms with Crippen LogP contribution in [0.4, 0.5) is 0 Å². The third-order valence-corrected chi connectivity index (χ3v) is 0. The topological polar surface area (TPSA) is 170 Å². The largest absolute Gasteiger partial charge is 5.00 e. The van der Waals surface area contributed by atoms with Crippen molar-refractivity contribution in [2.45, 2.75) is 0 Å². The molecule has 0 saturated heterocycles. The molecular formula is HO8P2V. The van der Waals surface area contributed by atoms with Crippen molar-refractivity contribution in [2.24, 2.45) is 0 Å². The van der Waals surface area contributed by atoms with E-state index in [4.69, 9.17) is 38.5 Å². The van der Waals surface area contributed by atoms with Crippen molar-refractivity contribution in [2.75, 3.05) is 0 Å². The fourth-order valence-electron chi connectivity index (χ4n) is 0. The second-order valence-electron chi connectivity index (χ2n) is 0.916. The number of phosphoric acid groups is 2. The van der Waals surface area contributed by atoms with Gasteiger partial charge in [-0.2, -0.15) is 7.82 Å². The summed E-state index contributed by atoms with van der Waals surface area (Å²) >= 11 is 0. The van der Waals surface area contributed by atoms with Gasteiger partial charge in [-0.1, -0.05) is 0 Å². The molecule has 0 aliphatic heterocycles. The summed E-state index contributed by atoms with van der Waals surface area (Å²) in [6.45, 7) is 0. The second-order valence-corrected chi connectivity index (χ2v) is 2.75. The summed E-state index contributed by atoms with van der Waals surface area (Å²) in [5.74, 6) is 0. The van der Waals surface area contributed by atoms with Gasteiger partial charge in [0.2, 0.25) is 0 Å². The van der Waals surface area contributed by atoms with E-state index in [-0.39, 0.29) is 18.6 Å². The zero-order valence-electron chi connectivity index (χ0n) is 4.65. The van der Waals surface area contributed by atoms with Gasteiger partial charge in [0.05, 0.1) is 7.82 Å². The Morgan fingerprint density at radius 2 is 0.909 bits per heavy atom. The van der Waals surface area contributed by atoms with Gasteiger partial charge in [0.25, 0.3) is 0 Å². The first-order valence-corrected chi connectivity index (χ1v) is 4.43. The van der Waals surface area contributed by atoms with Crippen LogP contribution in [0.5, 0.6) is 0 Å². The third kappa shape index (κ3) is 1290. The van der Waals surface area contributed by atoms with Gasteiger partial charge in [-0.05, 0) is 0 Å². The van der Waals surface area contributed by atoms with Crippen LogP contribution in [0.3, 0.4) is 0 Å². The molecule has 0 aromatic heterocycles. The molecule has 0 amide bonds. The van der Waals surface area contributed by atoms with Crippen molar-refractivity contribution in [3.8, 4) is 0 Å². The summed E-state index contributed by atoms with van der Waals surface area (Å²) in [5, 5.41) is 0. The maximum atomic E-state index is 8.66. The summed E-state index contributed by atoms with van der Waals surface area (Å²) < 4.78 is 17.2. The molecule has 0 aromatic rings. The molecule has 0 aliphatic carbocycles. The van der Waals surface area contributed by atoms with Gasteiger partial charge in [-0.3, -0.25) is 0 Å². The Labute approximate surface area is 73.3 Å². The van der Waals surface area contributed by atoms with Crippen LogP contribution in [-0.4, -0.2) is 4.89 Å². The molecule has 0 unspecified atom stereocenters. The van der Waals surface area contributed by atoms with Crippen molar-refractivity contribution in [3.63, 3.8) is 0 Å². The molecular weight excluding hydrogens is 241 g/mol. The molecule has 0 radical (unpaired) electrons. The zero-order chi connectivity index (χ0) is 9.00. The summed E-state index contributed by atoms with van der Waals surface area (Å²) in [6, 6.07) is 0. The summed E-state index contributed by atoms with van der Waals surface area (Å²) in [4.78, 5) is 49.9. The summed E-state index contributed by atoms with van der Waals surface area (Å²) in [7, 11) is -10.5. The molecule has 0 bridgehead atoms. The van der Waals surface area contributed by atoms with Gasteiger partial charge in [0, 0.05) is 0 Å². The van der Waals surface area contributed by atoms with Crippen LogP contribution >= 0.6 is 15.6 Å². The average molecular weight is 242 g/mol. The monoisotopic (exact) mass is 242 g/mol. The molecule has 1 N–H and O–H groups in total. The van der Waals surface area contributed by atoms with Crippen molar-refractivity contribution in [3.05, 3.63) is 0 Å². The SMILES string of the molecule is O=P([O-])([O-])O.O=P([O-])([O-])[O-].[V+5]. The van der Waals surface area contributed by atoms with Crippen LogP contribution in [0.25, 0.3) is 0 Å². The first-order valence-electron chi connectivity index (χ1n) is 1.48. The van der Waals surface area contributed by atoms with E-state index in [1.165, 1.54) is 0 Å². The molecule has 0 rings (SSSR count). The molecule has 0 fully saturated rings. The van der Waals surface area contributed by atoms with Crippen molar-refractivity contribution in [1.29, 1.82) is 0 Å². The van der Waals surface area contributed by atoms with Gasteiger partial charge >= 0.3 is 18.6 Å². The van der Waals surface area contributed by atoms with Gasteiger partial charge < -0.3 is 38.5 Å². The maximum Gasteiger partial charge on any atom is 5.00 e. The molecule has 0 saturated carbocycles. The Balaban J connectivity index is -0.000000107. The standard InChI is InChI=1S/2H3O4P.V/c2*1-5(2,3)4;/h2*(H3,1,2,3,4);/q;;+5/p-5. The number of hydrogen-bond donors (Lipinski definition) is 1. The summed E-state index contributed by atoms with van der Waals surface area (Å²) in [5.41, 5.74) is 0. The van der Waals surface area contributed by atoms with E-state index >= 15 is 0 Å². The van der Waals surface area contributed by atoms with Gasteiger partial charge in [0.1, 0.15) is 0 Å². The quantitative estimate of drug-likeness (QED) is 0.411. The van der Waals surface area contributed by atoms with E-state index < -0.39 is 15.6 Å². The summed E-state index contributed by atoms with van der Waals surface area (Å²) in [6.07, 6.45) is 0. The first kappa shape index (κ1) is 17.8. The Morgan fingerprint density at radius 3 is 0.909 bits per heavy atom. The average Bonchev–Trinajstić information content (AvgIpc) is 1.12. The minimum absolute atomic E-state index is 0. The number of hydrogen-bond acceptors (Lipinski definition) is 7. The fourth-order valence-corrected chi connectivity index (χ4v) is 0. The van der Waals surface area contributed by atoms with Gasteiger partial charge in [0.15, 0.2) is 0 Å². The molecule has 0 spiro atoms. The molecule has 11 heavy (non-hydrogen) atoms. The van der Waals surface area contributed by atoms with Crippen LogP contribution in [0.15, 0.2) is 0 Å². The smallest absolute Gasteiger partial charge is 0.822 e. The van der Waals surface area contributed by atoms with E-state index in [1.54, 1.807) is 0 Å². The third-order valence-electron chi connectivity index (χ3n) is 0. The van der Waals surface area contributed by atoms with E-state index in [2.05, 4.69) is 0 Å². The van der Waals surface area contributed by atoms with Crippen molar-refractivity contribution < 1.29 is 57.0 Å². The van der Waals surface area contributed by atoms with Crippen LogP contribution in [0, 0.1) is 0 Å². The minimum Gasteiger partial charge on any atom is -0.822 e. The van der Waals surface area contributed by atoms with E-state index in [9.17, 15) is 0 Å². The Bertz CT molecular complexity index is 124. The predicted molar refractivity (Wildman–Crippen MR) is 17.4 cm³/mol. The Morgan fingerprint density at radius 1 is 0.909 bits per heavy atom. The number of rotatable bonds is 0. The van der Waals surface area contributed by atoms with E-state index in [0.717, 1.165) is 0 Å². The van der Waals surface area contributed by atoms with Crippen LogP contribution in [-0.2, 0) is 27.7 Å². The first-order chi connectivity index (χ1) is 4.00. The predicted octanol–water partition coefficient (Wildman–Crippen LogP) is -5.02. The van der Waals surface area contributed by atoms with Crippen LogP contribution < -0.4 is 24.5 Å². The minimum atomic E-state index is -5.39. The fraction of sp³-hybridized carbons (Fsp3) is 0. The van der Waals surface area contributed by atoms with Crippen LogP contribution in [0.2, 0.25) is 0 Å². The molecule has 64 valence electrons. The molecule has 8 nitrogen and oxygen atoms in total. The second kappa shape index (κ2) is 6.33. The Hall–Kier alpha value is 0.804. The molecule has 0 aromatic carbocycles. The van der Waals surface area contributed by atoms with E-state index in [0.29, 0.717) is 0 Å². The zero-order valence-corrected chi connectivity index (χ0v) is 7.83. The molecule has 0 heterocycles. The maximum absolute atomic E-state index is 8.66. The van der Waals surface area contributed by atoms with E-state index in [1.807, 2.05) is 0 Å². The van der Waals surface area contributed by atoms with Crippen LogP contribution in [0.1, 0.15) is 0 Å². The Kier molecular flexibility index (Phi) is 10.2. The van der Waals surface area contributed by atoms with Crippen molar-refractivity contribution in [1.82, 2.24) is 0 Å².